The van der Waals surface area contributed by atoms with Gasteiger partial charge in [0.1, 0.15) is 0 Å². The van der Waals surface area contributed by atoms with Gasteiger partial charge >= 0.3 is 5.97 Å². The molecule has 2 aliphatic rings. The van der Waals surface area contributed by atoms with Gasteiger partial charge in [-0.1, -0.05) is 0 Å². The summed E-state index contributed by atoms with van der Waals surface area (Å²) in [5.41, 5.74) is 5.94. The van der Waals surface area contributed by atoms with Crippen molar-refractivity contribution < 1.29 is 9.90 Å². The van der Waals surface area contributed by atoms with Gasteiger partial charge in [0.2, 0.25) is 0 Å². The molecule has 3 heteroatoms. The fourth-order valence-electron chi connectivity index (χ4n) is 3.73. The van der Waals surface area contributed by atoms with E-state index in [1.54, 1.807) is 0 Å². The molecule has 0 saturated heterocycles. The third-order valence-electron chi connectivity index (χ3n) is 4.84. The fourth-order valence-corrected chi connectivity index (χ4v) is 3.73. The highest BCUT2D eigenvalue weighted by molar-refractivity contribution is 5.67. The molecule has 2 fully saturated rings. The van der Waals surface area contributed by atoms with E-state index < -0.39 is 5.97 Å². The summed E-state index contributed by atoms with van der Waals surface area (Å²) in [5, 5.41) is 8.80. The summed E-state index contributed by atoms with van der Waals surface area (Å²) in [6, 6.07) is 0.439. The molecule has 0 heterocycles. The lowest BCUT2D eigenvalue weighted by molar-refractivity contribution is -0.138. The number of nitrogens with two attached hydrogens (primary N) is 1. The van der Waals surface area contributed by atoms with Gasteiger partial charge in [-0.05, 0) is 69.1 Å². The summed E-state index contributed by atoms with van der Waals surface area (Å²) in [4.78, 5) is 10.7. The molecule has 98 valence electrons. The van der Waals surface area contributed by atoms with Gasteiger partial charge in [0.15, 0.2) is 0 Å². The van der Waals surface area contributed by atoms with Gasteiger partial charge < -0.3 is 10.8 Å². The molecule has 0 atom stereocenters. The van der Waals surface area contributed by atoms with Crippen LogP contribution in [0.1, 0.15) is 57.8 Å². The Morgan fingerprint density at radius 1 is 0.941 bits per heavy atom. The molecule has 0 aliphatic heterocycles. The largest absolute Gasteiger partial charge is 0.481 e. The normalized spacial score (nSPS) is 38.9. The number of carboxylic acids is 1. The highest BCUT2D eigenvalue weighted by atomic mass is 16.4. The Morgan fingerprint density at radius 3 is 1.88 bits per heavy atom. The second-order valence-electron chi connectivity index (χ2n) is 6.05. The summed E-state index contributed by atoms with van der Waals surface area (Å²) in [6.07, 6.45) is 10.1. The summed E-state index contributed by atoms with van der Waals surface area (Å²) in [5.74, 6) is 1.54. The molecule has 0 aromatic rings. The van der Waals surface area contributed by atoms with Gasteiger partial charge in [0, 0.05) is 12.5 Å². The Balaban J connectivity index is 1.73. The molecule has 0 amide bonds. The lowest BCUT2D eigenvalue weighted by atomic mass is 9.70. The molecule has 2 aliphatic carbocycles. The molecule has 0 aromatic carbocycles. The maximum absolute atomic E-state index is 10.7. The lowest BCUT2D eigenvalue weighted by Gasteiger charge is -2.36. The molecule has 0 unspecified atom stereocenters. The van der Waals surface area contributed by atoms with E-state index in [0.29, 0.717) is 18.4 Å². The maximum Gasteiger partial charge on any atom is 0.303 e. The van der Waals surface area contributed by atoms with Gasteiger partial charge in [-0.15, -0.1) is 0 Å². The van der Waals surface area contributed by atoms with Gasteiger partial charge in [-0.3, -0.25) is 4.79 Å². The summed E-state index contributed by atoms with van der Waals surface area (Å²) in [6.45, 7) is 0. The van der Waals surface area contributed by atoms with Gasteiger partial charge in [0.05, 0.1) is 0 Å². The van der Waals surface area contributed by atoms with Crippen molar-refractivity contribution in [3.05, 3.63) is 0 Å². The predicted octanol–water partition coefficient (Wildman–Crippen LogP) is 2.79. The van der Waals surface area contributed by atoms with Crippen LogP contribution in [0.3, 0.4) is 0 Å². The number of carboxylic acid groups (broad SMARTS) is 1. The highest BCUT2D eigenvalue weighted by Crippen LogP contribution is 2.40. The van der Waals surface area contributed by atoms with E-state index in [1.807, 2.05) is 0 Å². The van der Waals surface area contributed by atoms with E-state index in [4.69, 9.17) is 10.8 Å². The summed E-state index contributed by atoms with van der Waals surface area (Å²) < 4.78 is 0. The van der Waals surface area contributed by atoms with Crippen molar-refractivity contribution in [2.24, 2.45) is 23.5 Å². The molecule has 17 heavy (non-hydrogen) atoms. The lowest BCUT2D eigenvalue weighted by Crippen LogP contribution is -2.31. The molecule has 3 N–H and O–H groups in total. The Bertz CT molecular complexity index is 251. The fraction of sp³-hybridized carbons (Fsp3) is 0.929. The van der Waals surface area contributed by atoms with Crippen molar-refractivity contribution in [3.8, 4) is 0 Å². The molecular weight excluding hydrogens is 214 g/mol. The number of hydrogen-bond donors (Lipinski definition) is 2. The minimum absolute atomic E-state index is 0.377. The van der Waals surface area contributed by atoms with Gasteiger partial charge in [-0.2, -0.15) is 0 Å². The topological polar surface area (TPSA) is 63.3 Å². The van der Waals surface area contributed by atoms with Crippen LogP contribution in [-0.4, -0.2) is 17.1 Å². The number of hydrogen-bond acceptors (Lipinski definition) is 2. The predicted molar refractivity (Wildman–Crippen MR) is 67.6 cm³/mol. The number of aliphatic carboxylic acids is 1. The van der Waals surface area contributed by atoms with Crippen LogP contribution in [0.4, 0.5) is 0 Å². The SMILES string of the molecule is NC1CCC([C@H]2CC[C@H](CC(=O)O)CC2)CC1. The molecule has 3 nitrogen and oxygen atoms in total. The first-order valence-corrected chi connectivity index (χ1v) is 7.12. The first kappa shape index (κ1) is 12.9. The smallest absolute Gasteiger partial charge is 0.303 e. The Hall–Kier alpha value is -0.570. The molecule has 2 rings (SSSR count). The number of rotatable bonds is 3. The minimum Gasteiger partial charge on any atom is -0.481 e. The Morgan fingerprint density at radius 2 is 1.41 bits per heavy atom. The van der Waals surface area contributed by atoms with Crippen molar-refractivity contribution in [1.29, 1.82) is 0 Å². The monoisotopic (exact) mass is 239 g/mol. The highest BCUT2D eigenvalue weighted by Gasteiger charge is 2.30. The van der Waals surface area contributed by atoms with Crippen molar-refractivity contribution in [1.82, 2.24) is 0 Å². The molecular formula is C14H25NO2. The van der Waals surface area contributed by atoms with Crippen molar-refractivity contribution in [2.45, 2.75) is 63.8 Å². The zero-order chi connectivity index (χ0) is 12.3. The standard InChI is InChI=1S/C14H25NO2/c15-13-7-5-12(6-8-13)11-3-1-10(2-4-11)9-14(16)17/h10-13H,1-9,15H2,(H,16,17)/t10-,11-,12?,13?. The average Bonchev–Trinajstić information content (AvgIpc) is 2.30. The molecule has 0 radical (unpaired) electrons. The average molecular weight is 239 g/mol. The Labute approximate surface area is 104 Å². The Kier molecular flexibility index (Phi) is 4.43. The number of carbonyl (C=O) groups is 1. The van der Waals surface area contributed by atoms with E-state index in [1.165, 1.54) is 38.5 Å². The zero-order valence-electron chi connectivity index (χ0n) is 10.6. The third kappa shape index (κ3) is 3.70. The first-order valence-electron chi connectivity index (χ1n) is 7.12. The maximum atomic E-state index is 10.7. The van der Waals surface area contributed by atoms with Crippen molar-refractivity contribution in [2.75, 3.05) is 0 Å². The van der Waals surface area contributed by atoms with Crippen LogP contribution in [0.2, 0.25) is 0 Å². The van der Waals surface area contributed by atoms with Crippen LogP contribution in [0, 0.1) is 17.8 Å². The van der Waals surface area contributed by atoms with Crippen LogP contribution in [-0.2, 0) is 4.79 Å². The van der Waals surface area contributed by atoms with Crippen LogP contribution >= 0.6 is 0 Å². The van der Waals surface area contributed by atoms with Crippen LogP contribution < -0.4 is 5.73 Å². The summed E-state index contributed by atoms with van der Waals surface area (Å²) in [7, 11) is 0. The molecule has 0 bridgehead atoms. The second kappa shape index (κ2) is 5.85. The van der Waals surface area contributed by atoms with Gasteiger partial charge in [-0.25, -0.2) is 0 Å². The van der Waals surface area contributed by atoms with Crippen molar-refractivity contribution >= 4 is 5.97 Å². The second-order valence-corrected chi connectivity index (χ2v) is 6.05. The quantitative estimate of drug-likeness (QED) is 0.796. The zero-order valence-corrected chi connectivity index (χ0v) is 10.6. The van der Waals surface area contributed by atoms with Gasteiger partial charge in [0.25, 0.3) is 0 Å². The van der Waals surface area contributed by atoms with E-state index in [0.717, 1.165) is 24.7 Å². The minimum atomic E-state index is -0.628. The van der Waals surface area contributed by atoms with E-state index in [-0.39, 0.29) is 0 Å². The van der Waals surface area contributed by atoms with Crippen LogP contribution in [0.5, 0.6) is 0 Å². The first-order chi connectivity index (χ1) is 8.15. The third-order valence-corrected chi connectivity index (χ3v) is 4.84. The van der Waals surface area contributed by atoms with E-state index in [9.17, 15) is 4.79 Å². The molecule has 0 spiro atoms. The van der Waals surface area contributed by atoms with Crippen LogP contribution in [0.25, 0.3) is 0 Å². The van der Waals surface area contributed by atoms with Crippen LogP contribution in [0.15, 0.2) is 0 Å². The van der Waals surface area contributed by atoms with E-state index in [2.05, 4.69) is 0 Å². The molecule has 2 saturated carbocycles. The van der Waals surface area contributed by atoms with Crippen molar-refractivity contribution in [3.63, 3.8) is 0 Å². The summed E-state index contributed by atoms with van der Waals surface area (Å²) >= 11 is 0. The molecule has 0 aromatic heterocycles. The van der Waals surface area contributed by atoms with E-state index >= 15 is 0 Å².